The van der Waals surface area contributed by atoms with Gasteiger partial charge in [-0.25, -0.2) is 0 Å². The summed E-state index contributed by atoms with van der Waals surface area (Å²) < 4.78 is 15.9. The van der Waals surface area contributed by atoms with E-state index in [9.17, 15) is 9.59 Å². The zero-order valence-corrected chi connectivity index (χ0v) is 13.6. The molecule has 1 aliphatic rings. The molecule has 1 aliphatic heterocycles. The van der Waals surface area contributed by atoms with Crippen molar-refractivity contribution in [2.75, 3.05) is 7.11 Å². The second-order valence-corrected chi connectivity index (χ2v) is 5.42. The molecule has 2 aromatic carbocycles. The van der Waals surface area contributed by atoms with Crippen molar-refractivity contribution in [3.63, 3.8) is 0 Å². The van der Waals surface area contributed by atoms with Crippen molar-refractivity contribution in [1.82, 2.24) is 0 Å². The Labute approximate surface area is 139 Å². The molecule has 1 heterocycles. The van der Waals surface area contributed by atoms with Crippen LogP contribution in [0.1, 0.15) is 28.4 Å². The molecule has 0 radical (unpaired) electrons. The number of ketones is 1. The van der Waals surface area contributed by atoms with Crippen LogP contribution in [0, 0.1) is 6.92 Å². The zero-order chi connectivity index (χ0) is 17.3. The fraction of sp³-hybridized carbons (Fsp3) is 0.158. The highest BCUT2D eigenvalue weighted by Gasteiger charge is 2.30. The molecule has 0 unspecified atom stereocenters. The predicted molar refractivity (Wildman–Crippen MR) is 88.4 cm³/mol. The number of aryl methyl sites for hydroxylation is 1. The third kappa shape index (κ3) is 3.01. The van der Waals surface area contributed by atoms with Crippen molar-refractivity contribution in [1.29, 1.82) is 0 Å². The number of esters is 1. The van der Waals surface area contributed by atoms with Gasteiger partial charge < -0.3 is 14.2 Å². The van der Waals surface area contributed by atoms with E-state index in [0.29, 0.717) is 22.6 Å². The molecule has 0 aromatic heterocycles. The van der Waals surface area contributed by atoms with E-state index in [4.69, 9.17) is 14.2 Å². The number of hydrogen-bond donors (Lipinski definition) is 0. The van der Waals surface area contributed by atoms with Gasteiger partial charge in [0.2, 0.25) is 5.78 Å². The predicted octanol–water partition coefficient (Wildman–Crippen LogP) is 3.55. The minimum Gasteiger partial charge on any atom is -0.497 e. The summed E-state index contributed by atoms with van der Waals surface area (Å²) in [7, 11) is 1.59. The topological polar surface area (TPSA) is 61.8 Å². The van der Waals surface area contributed by atoms with Gasteiger partial charge in [-0.1, -0.05) is 12.1 Å². The van der Waals surface area contributed by atoms with Crippen LogP contribution in [-0.4, -0.2) is 18.9 Å². The number of methoxy groups -OCH3 is 1. The number of allylic oxidation sites excluding steroid dienone is 1. The average Bonchev–Trinajstić information content (AvgIpc) is 2.84. The Hall–Kier alpha value is -3.08. The normalized spacial score (nSPS) is 14.3. The molecule has 5 heteroatoms. The van der Waals surface area contributed by atoms with E-state index >= 15 is 0 Å². The number of ether oxygens (including phenoxy) is 3. The van der Waals surface area contributed by atoms with E-state index in [2.05, 4.69) is 0 Å². The Balaban J connectivity index is 1.93. The molecule has 5 nitrogen and oxygen atoms in total. The van der Waals surface area contributed by atoms with Gasteiger partial charge in [0.15, 0.2) is 5.76 Å². The standard InChI is InChI=1S/C19H16O5/c1-11-8-15(23-12(2)20)10-16-18(11)19(21)17(24-16)9-13-4-6-14(22-3)7-5-13/h4-10H,1-3H3. The van der Waals surface area contributed by atoms with Crippen LogP contribution in [0.4, 0.5) is 0 Å². The number of fused-ring (bicyclic) bond motifs is 1. The molecule has 0 saturated carbocycles. The summed E-state index contributed by atoms with van der Waals surface area (Å²) in [4.78, 5) is 23.6. The Morgan fingerprint density at radius 2 is 1.83 bits per heavy atom. The van der Waals surface area contributed by atoms with Crippen LogP contribution >= 0.6 is 0 Å². The largest absolute Gasteiger partial charge is 0.497 e. The van der Waals surface area contributed by atoms with Crippen molar-refractivity contribution in [3.05, 3.63) is 58.8 Å². The maximum absolute atomic E-state index is 12.6. The smallest absolute Gasteiger partial charge is 0.308 e. The monoisotopic (exact) mass is 324 g/mol. The van der Waals surface area contributed by atoms with Crippen LogP contribution in [0.2, 0.25) is 0 Å². The lowest BCUT2D eigenvalue weighted by molar-refractivity contribution is -0.131. The van der Waals surface area contributed by atoms with Gasteiger partial charge >= 0.3 is 5.97 Å². The van der Waals surface area contributed by atoms with Crippen LogP contribution in [0.15, 0.2) is 42.2 Å². The minimum atomic E-state index is -0.423. The molecule has 0 saturated heterocycles. The molecule has 0 N–H and O–H groups in total. The summed E-state index contributed by atoms with van der Waals surface area (Å²) >= 11 is 0. The molecule has 2 aromatic rings. The maximum Gasteiger partial charge on any atom is 0.308 e. The van der Waals surface area contributed by atoms with Crippen molar-refractivity contribution in [2.24, 2.45) is 0 Å². The number of carbonyl (C=O) groups excluding carboxylic acids is 2. The van der Waals surface area contributed by atoms with Gasteiger partial charge in [0.1, 0.15) is 17.2 Å². The van der Waals surface area contributed by atoms with Crippen LogP contribution in [0.25, 0.3) is 6.08 Å². The number of carbonyl (C=O) groups is 2. The Morgan fingerprint density at radius 1 is 1.12 bits per heavy atom. The summed E-state index contributed by atoms with van der Waals surface area (Å²) in [6, 6.07) is 10.5. The second kappa shape index (κ2) is 6.20. The van der Waals surface area contributed by atoms with Crippen LogP contribution in [0.5, 0.6) is 17.2 Å². The van der Waals surface area contributed by atoms with Gasteiger partial charge in [-0.15, -0.1) is 0 Å². The Bertz CT molecular complexity index is 847. The molecule has 0 atom stereocenters. The van der Waals surface area contributed by atoms with Gasteiger partial charge in [0.25, 0.3) is 0 Å². The van der Waals surface area contributed by atoms with Gasteiger partial charge in [-0.3, -0.25) is 9.59 Å². The molecular weight excluding hydrogens is 308 g/mol. The number of hydrogen-bond acceptors (Lipinski definition) is 5. The molecule has 0 fully saturated rings. The maximum atomic E-state index is 12.6. The minimum absolute atomic E-state index is 0.187. The van der Waals surface area contributed by atoms with Crippen molar-refractivity contribution in [3.8, 4) is 17.2 Å². The van der Waals surface area contributed by atoms with Gasteiger partial charge in [0.05, 0.1) is 12.7 Å². The summed E-state index contributed by atoms with van der Waals surface area (Å²) in [6.07, 6.45) is 1.67. The first kappa shape index (κ1) is 15.8. The van der Waals surface area contributed by atoms with Crippen molar-refractivity contribution < 1.29 is 23.8 Å². The third-order valence-corrected chi connectivity index (χ3v) is 3.62. The zero-order valence-electron chi connectivity index (χ0n) is 13.6. The molecule has 3 rings (SSSR count). The SMILES string of the molecule is COc1ccc(C=C2Oc3cc(OC(C)=O)cc(C)c3C2=O)cc1. The first-order valence-corrected chi connectivity index (χ1v) is 7.39. The quantitative estimate of drug-likeness (QED) is 0.491. The summed E-state index contributed by atoms with van der Waals surface area (Å²) in [5.41, 5.74) is 2.02. The van der Waals surface area contributed by atoms with Crippen molar-refractivity contribution >= 4 is 17.8 Å². The summed E-state index contributed by atoms with van der Waals surface area (Å²) in [5, 5.41) is 0. The fourth-order valence-electron chi connectivity index (χ4n) is 2.55. The van der Waals surface area contributed by atoms with Crippen LogP contribution < -0.4 is 14.2 Å². The van der Waals surface area contributed by atoms with Crippen LogP contribution in [0.3, 0.4) is 0 Å². The number of Topliss-reactive ketones (excluding diaryl/α,β-unsaturated/α-hetero) is 1. The van der Waals surface area contributed by atoms with E-state index in [-0.39, 0.29) is 11.5 Å². The Morgan fingerprint density at radius 3 is 2.46 bits per heavy atom. The number of benzene rings is 2. The molecule has 0 bridgehead atoms. The van der Waals surface area contributed by atoms with Gasteiger partial charge in [-0.2, -0.15) is 0 Å². The van der Waals surface area contributed by atoms with E-state index in [1.54, 1.807) is 32.2 Å². The third-order valence-electron chi connectivity index (χ3n) is 3.62. The first-order valence-electron chi connectivity index (χ1n) is 7.39. The Kier molecular flexibility index (Phi) is 4.08. The summed E-state index contributed by atoms with van der Waals surface area (Å²) in [5.74, 6) is 1.12. The molecule has 0 spiro atoms. The van der Waals surface area contributed by atoms with Gasteiger partial charge in [0, 0.05) is 13.0 Å². The fourth-order valence-corrected chi connectivity index (χ4v) is 2.55. The molecule has 122 valence electrons. The molecule has 0 amide bonds. The summed E-state index contributed by atoms with van der Waals surface area (Å²) in [6.45, 7) is 3.10. The molecule has 24 heavy (non-hydrogen) atoms. The highest BCUT2D eigenvalue weighted by Crippen LogP contribution is 2.37. The number of rotatable bonds is 3. The van der Waals surface area contributed by atoms with Gasteiger partial charge in [-0.05, 0) is 42.3 Å². The lowest BCUT2D eigenvalue weighted by Crippen LogP contribution is -2.02. The molecule has 0 aliphatic carbocycles. The molecular formula is C19H16O5. The highest BCUT2D eigenvalue weighted by atomic mass is 16.5. The van der Waals surface area contributed by atoms with E-state index in [1.807, 2.05) is 24.3 Å². The van der Waals surface area contributed by atoms with Crippen molar-refractivity contribution in [2.45, 2.75) is 13.8 Å². The van der Waals surface area contributed by atoms with E-state index in [1.165, 1.54) is 6.92 Å². The highest BCUT2D eigenvalue weighted by molar-refractivity contribution is 6.15. The second-order valence-electron chi connectivity index (χ2n) is 5.42. The van der Waals surface area contributed by atoms with E-state index in [0.717, 1.165) is 11.3 Å². The average molecular weight is 324 g/mol. The first-order chi connectivity index (χ1) is 11.5. The lowest BCUT2D eigenvalue weighted by Gasteiger charge is -2.05. The van der Waals surface area contributed by atoms with E-state index < -0.39 is 5.97 Å². The van der Waals surface area contributed by atoms with Crippen LogP contribution in [-0.2, 0) is 4.79 Å². The lowest BCUT2D eigenvalue weighted by atomic mass is 10.0.